The van der Waals surface area contributed by atoms with Crippen molar-refractivity contribution in [3.05, 3.63) is 70.3 Å². The summed E-state index contributed by atoms with van der Waals surface area (Å²) in [6.07, 6.45) is 6.36. The van der Waals surface area contributed by atoms with E-state index in [4.69, 9.17) is 10.5 Å². The minimum absolute atomic E-state index is 0.0952. The summed E-state index contributed by atoms with van der Waals surface area (Å²) < 4.78 is 6.08. The number of hydrogen-bond donors (Lipinski definition) is 2. The highest BCUT2D eigenvalue weighted by Crippen LogP contribution is 2.40. The topological polar surface area (TPSA) is 55.5 Å². The van der Waals surface area contributed by atoms with Crippen molar-refractivity contribution in [3.8, 4) is 0 Å². The molecule has 30 heavy (non-hydrogen) atoms. The molecule has 0 saturated heterocycles. The lowest BCUT2D eigenvalue weighted by Crippen LogP contribution is -2.40. The Labute approximate surface area is 181 Å². The van der Waals surface area contributed by atoms with Gasteiger partial charge < -0.3 is 15.6 Å². The maximum absolute atomic E-state index is 9.55. The minimum atomic E-state index is -0.377. The molecule has 1 saturated carbocycles. The highest BCUT2D eigenvalue weighted by atomic mass is 16.5. The molecule has 3 nitrogen and oxygen atoms in total. The van der Waals surface area contributed by atoms with E-state index in [0.717, 1.165) is 38.7 Å². The van der Waals surface area contributed by atoms with E-state index >= 15 is 0 Å². The van der Waals surface area contributed by atoms with E-state index in [1.54, 1.807) is 0 Å². The summed E-state index contributed by atoms with van der Waals surface area (Å²) in [5.41, 5.74) is 13.0. The lowest BCUT2D eigenvalue weighted by Gasteiger charge is -2.26. The van der Waals surface area contributed by atoms with Gasteiger partial charge in [-0.25, -0.2) is 0 Å². The second kappa shape index (κ2) is 9.21. The van der Waals surface area contributed by atoms with Crippen LogP contribution in [0.25, 0.3) is 0 Å². The van der Waals surface area contributed by atoms with Crippen LogP contribution in [0.15, 0.2) is 42.5 Å². The Hall–Kier alpha value is -1.68. The monoisotopic (exact) mass is 407 g/mol. The van der Waals surface area contributed by atoms with Gasteiger partial charge in [0.05, 0.1) is 19.8 Å². The van der Waals surface area contributed by atoms with Gasteiger partial charge in [-0.2, -0.15) is 0 Å². The fraction of sp³-hybridized carbons (Fsp3) is 0.556. The van der Waals surface area contributed by atoms with Gasteiger partial charge in [0.25, 0.3) is 0 Å². The molecule has 3 atom stereocenters. The van der Waals surface area contributed by atoms with Crippen LogP contribution in [0.5, 0.6) is 0 Å². The van der Waals surface area contributed by atoms with Crippen molar-refractivity contribution < 1.29 is 9.84 Å². The molecule has 0 aliphatic heterocycles. The first-order valence-corrected chi connectivity index (χ1v) is 11.6. The fourth-order valence-corrected chi connectivity index (χ4v) is 5.17. The van der Waals surface area contributed by atoms with E-state index in [9.17, 15) is 5.11 Å². The predicted molar refractivity (Wildman–Crippen MR) is 123 cm³/mol. The van der Waals surface area contributed by atoms with Gasteiger partial charge in [-0.15, -0.1) is 0 Å². The first-order valence-electron chi connectivity index (χ1n) is 11.6. The number of aliphatic hydroxyl groups excluding tert-OH is 1. The molecule has 3 heteroatoms. The zero-order valence-corrected chi connectivity index (χ0v) is 18.6. The van der Waals surface area contributed by atoms with Crippen molar-refractivity contribution in [1.29, 1.82) is 0 Å². The maximum atomic E-state index is 9.55. The Morgan fingerprint density at radius 1 is 1.10 bits per heavy atom. The number of aliphatic hydroxyl groups is 1. The van der Waals surface area contributed by atoms with Crippen molar-refractivity contribution in [2.75, 3.05) is 13.2 Å². The first kappa shape index (κ1) is 21.5. The molecule has 2 aliphatic carbocycles. The van der Waals surface area contributed by atoms with Crippen LogP contribution in [0.3, 0.4) is 0 Å². The molecule has 0 radical (unpaired) electrons. The lowest BCUT2D eigenvalue weighted by molar-refractivity contribution is 0.0823. The summed E-state index contributed by atoms with van der Waals surface area (Å²) in [4.78, 5) is 0. The van der Waals surface area contributed by atoms with Crippen LogP contribution in [-0.4, -0.2) is 23.9 Å². The number of nitrogens with two attached hydrogens (primary N) is 1. The molecule has 162 valence electrons. The minimum Gasteiger partial charge on any atom is -0.394 e. The zero-order valence-electron chi connectivity index (χ0n) is 18.6. The Bertz CT molecular complexity index is 844. The lowest BCUT2D eigenvalue weighted by atomic mass is 9.82. The number of aryl methyl sites for hydroxylation is 1. The van der Waals surface area contributed by atoms with Crippen LogP contribution in [0.2, 0.25) is 0 Å². The molecule has 0 bridgehead atoms. The Kier molecular flexibility index (Phi) is 6.62. The molecule has 0 heterocycles. The van der Waals surface area contributed by atoms with Crippen LogP contribution >= 0.6 is 0 Å². The van der Waals surface area contributed by atoms with Crippen molar-refractivity contribution >= 4 is 0 Å². The summed E-state index contributed by atoms with van der Waals surface area (Å²) in [6, 6.07) is 15.9. The summed E-state index contributed by atoms with van der Waals surface area (Å²) >= 11 is 0. The second-order valence-electron chi connectivity index (χ2n) is 10.0. The quantitative estimate of drug-likeness (QED) is 0.672. The van der Waals surface area contributed by atoms with E-state index < -0.39 is 0 Å². The van der Waals surface area contributed by atoms with E-state index in [1.165, 1.54) is 34.2 Å². The third-order valence-corrected chi connectivity index (χ3v) is 7.26. The first-order chi connectivity index (χ1) is 14.5. The van der Waals surface area contributed by atoms with E-state index in [2.05, 4.69) is 56.3 Å². The van der Waals surface area contributed by atoms with Gasteiger partial charge in [-0.1, -0.05) is 56.3 Å². The predicted octanol–water partition coefficient (Wildman–Crippen LogP) is 5.09. The Balaban J connectivity index is 1.29. The SMILES string of the molecule is CC(C)c1ccc(COC[C@@H]2CCc3cc([C@H]4CC[C@](N)(CO)C4)ccc3C2)cc1. The van der Waals surface area contributed by atoms with Crippen molar-refractivity contribution in [3.63, 3.8) is 0 Å². The van der Waals surface area contributed by atoms with Gasteiger partial charge in [-0.3, -0.25) is 0 Å². The summed E-state index contributed by atoms with van der Waals surface area (Å²) in [7, 11) is 0. The number of fused-ring (bicyclic) bond motifs is 1. The molecule has 0 amide bonds. The summed E-state index contributed by atoms with van der Waals surface area (Å²) in [5, 5.41) is 9.55. The van der Waals surface area contributed by atoms with Crippen molar-refractivity contribution in [2.45, 2.75) is 76.4 Å². The van der Waals surface area contributed by atoms with Crippen LogP contribution < -0.4 is 5.73 Å². The number of benzene rings is 2. The number of ether oxygens (including phenoxy) is 1. The van der Waals surface area contributed by atoms with E-state index in [0.29, 0.717) is 24.4 Å². The summed E-state index contributed by atoms with van der Waals surface area (Å²) in [5.74, 6) is 1.68. The molecule has 4 rings (SSSR count). The standard InChI is InChI=1S/C27H37NO2/c1-19(2)22-6-3-20(4-7-22)16-30-17-21-5-8-24-14-25(10-9-23(24)13-21)26-11-12-27(28,15-26)18-29/h3-4,6-7,9-10,14,19,21,26,29H,5,8,11-13,15-18,28H2,1-2H3/t21-,26+,27-/m1/s1. The zero-order chi connectivity index (χ0) is 21.1. The van der Waals surface area contributed by atoms with E-state index in [-0.39, 0.29) is 12.1 Å². The van der Waals surface area contributed by atoms with Gasteiger partial charge in [-0.05, 0) is 84.1 Å². The maximum Gasteiger partial charge on any atom is 0.0717 e. The molecule has 3 N–H and O–H groups in total. The van der Waals surface area contributed by atoms with Crippen molar-refractivity contribution in [1.82, 2.24) is 0 Å². The molecular weight excluding hydrogens is 370 g/mol. The largest absolute Gasteiger partial charge is 0.394 e. The average molecular weight is 408 g/mol. The van der Waals surface area contributed by atoms with Crippen LogP contribution in [0, 0.1) is 5.92 Å². The van der Waals surface area contributed by atoms with Gasteiger partial charge in [0, 0.05) is 5.54 Å². The molecule has 1 fully saturated rings. The van der Waals surface area contributed by atoms with E-state index in [1.807, 2.05) is 0 Å². The smallest absolute Gasteiger partial charge is 0.0717 e. The molecule has 0 spiro atoms. The van der Waals surface area contributed by atoms with Crippen LogP contribution in [-0.2, 0) is 24.2 Å². The van der Waals surface area contributed by atoms with Crippen LogP contribution in [0.4, 0.5) is 0 Å². The van der Waals surface area contributed by atoms with Crippen LogP contribution in [0.1, 0.15) is 79.2 Å². The molecule has 0 unspecified atom stereocenters. The van der Waals surface area contributed by atoms with Crippen molar-refractivity contribution in [2.24, 2.45) is 11.7 Å². The van der Waals surface area contributed by atoms with Gasteiger partial charge >= 0.3 is 0 Å². The number of hydrogen-bond acceptors (Lipinski definition) is 3. The molecule has 2 aliphatic rings. The number of rotatable bonds is 7. The molecule has 0 aromatic heterocycles. The normalized spacial score (nSPS) is 26.2. The molecule has 2 aromatic carbocycles. The molecule has 2 aromatic rings. The Morgan fingerprint density at radius 3 is 2.60 bits per heavy atom. The average Bonchev–Trinajstić information content (AvgIpc) is 3.16. The van der Waals surface area contributed by atoms with Gasteiger partial charge in [0.1, 0.15) is 0 Å². The Morgan fingerprint density at radius 2 is 1.90 bits per heavy atom. The second-order valence-corrected chi connectivity index (χ2v) is 10.0. The fourth-order valence-electron chi connectivity index (χ4n) is 5.17. The van der Waals surface area contributed by atoms with Gasteiger partial charge in [0.15, 0.2) is 0 Å². The molecular formula is C27H37NO2. The van der Waals surface area contributed by atoms with Gasteiger partial charge in [0.2, 0.25) is 0 Å². The third kappa shape index (κ3) is 4.96. The highest BCUT2D eigenvalue weighted by Gasteiger charge is 2.36. The summed E-state index contributed by atoms with van der Waals surface area (Å²) in [6.45, 7) is 6.08. The third-order valence-electron chi connectivity index (χ3n) is 7.26. The highest BCUT2D eigenvalue weighted by molar-refractivity contribution is 5.36.